The number of hydrogen-bond acceptors (Lipinski definition) is 1. The molecule has 2 rings (SSSR count). The summed E-state index contributed by atoms with van der Waals surface area (Å²) >= 11 is 0. The highest BCUT2D eigenvalue weighted by atomic mass is 14.7. The van der Waals surface area contributed by atoms with Crippen molar-refractivity contribution in [1.29, 1.82) is 0 Å². The summed E-state index contributed by atoms with van der Waals surface area (Å²) in [4.78, 5) is 4.42. The average Bonchev–Trinajstić information content (AvgIpc) is 2.38. The van der Waals surface area contributed by atoms with Gasteiger partial charge >= 0.3 is 0 Å². The third-order valence-corrected chi connectivity index (χ3v) is 2.77. The van der Waals surface area contributed by atoms with Crippen LogP contribution in [0.2, 0.25) is 0 Å². The summed E-state index contributed by atoms with van der Waals surface area (Å²) in [5.41, 5.74) is 5.29. The number of allylic oxidation sites excluding steroid dienone is 2. The number of nitrogens with zero attached hydrogens (tertiary/aromatic N) is 1. The van der Waals surface area contributed by atoms with Crippen LogP contribution >= 0.6 is 0 Å². The minimum atomic E-state index is 0.854. The molecule has 0 amide bonds. The highest BCUT2D eigenvalue weighted by Crippen LogP contribution is 2.24. The summed E-state index contributed by atoms with van der Waals surface area (Å²) in [6, 6.07) is 12.3. The highest BCUT2D eigenvalue weighted by molar-refractivity contribution is 5.73. The van der Waals surface area contributed by atoms with E-state index < -0.39 is 0 Å². The molecular formula is C16H15N. The van der Waals surface area contributed by atoms with Crippen LogP contribution in [0.1, 0.15) is 11.3 Å². The third-order valence-electron chi connectivity index (χ3n) is 2.77. The van der Waals surface area contributed by atoms with E-state index in [-0.39, 0.29) is 0 Å². The van der Waals surface area contributed by atoms with E-state index in [0.29, 0.717) is 0 Å². The molecule has 0 aliphatic rings. The number of aryl methyl sites for hydroxylation is 1. The molecule has 0 aliphatic heterocycles. The molecule has 1 heteroatoms. The lowest BCUT2D eigenvalue weighted by atomic mass is 10.0. The van der Waals surface area contributed by atoms with Crippen LogP contribution < -0.4 is 0 Å². The van der Waals surface area contributed by atoms with Gasteiger partial charge in [-0.05, 0) is 29.7 Å². The molecule has 0 saturated heterocycles. The molecule has 0 atom stereocenters. The van der Waals surface area contributed by atoms with Gasteiger partial charge in [0.2, 0.25) is 0 Å². The summed E-state index contributed by atoms with van der Waals surface area (Å²) in [5.74, 6) is 0. The Hall–Kier alpha value is -2.15. The van der Waals surface area contributed by atoms with Crippen molar-refractivity contribution in [2.75, 3.05) is 0 Å². The molecule has 0 N–H and O–H groups in total. The first-order valence-electron chi connectivity index (χ1n) is 5.56. The van der Waals surface area contributed by atoms with Crippen LogP contribution in [0, 0.1) is 6.92 Å². The maximum atomic E-state index is 4.42. The van der Waals surface area contributed by atoms with Gasteiger partial charge in [-0.15, -0.1) is 0 Å². The van der Waals surface area contributed by atoms with Gasteiger partial charge in [0.15, 0.2) is 0 Å². The van der Waals surface area contributed by atoms with Crippen LogP contribution in [0.25, 0.3) is 16.7 Å². The van der Waals surface area contributed by atoms with E-state index in [1.54, 1.807) is 6.08 Å². The molecule has 1 aromatic carbocycles. The third kappa shape index (κ3) is 2.34. The molecule has 0 bridgehead atoms. The van der Waals surface area contributed by atoms with Crippen LogP contribution in [0.5, 0.6) is 0 Å². The fourth-order valence-electron chi connectivity index (χ4n) is 1.76. The van der Waals surface area contributed by atoms with Gasteiger partial charge in [0.25, 0.3) is 0 Å². The Morgan fingerprint density at radius 3 is 2.53 bits per heavy atom. The predicted molar refractivity (Wildman–Crippen MR) is 73.6 cm³/mol. The smallest absolute Gasteiger partial charge is 0.0698 e. The van der Waals surface area contributed by atoms with E-state index >= 15 is 0 Å². The van der Waals surface area contributed by atoms with Crippen LogP contribution in [-0.4, -0.2) is 4.98 Å². The van der Waals surface area contributed by atoms with Crippen molar-refractivity contribution in [2.24, 2.45) is 0 Å². The molecule has 0 spiro atoms. The maximum Gasteiger partial charge on any atom is 0.0698 e. The predicted octanol–water partition coefficient (Wildman–Crippen LogP) is 4.26. The lowest BCUT2D eigenvalue weighted by Gasteiger charge is -2.08. The first-order valence-corrected chi connectivity index (χ1v) is 5.56. The molecule has 2 aromatic rings. The fourth-order valence-corrected chi connectivity index (χ4v) is 1.76. The van der Waals surface area contributed by atoms with Gasteiger partial charge in [0.1, 0.15) is 0 Å². The largest absolute Gasteiger partial charge is 0.256 e. The van der Waals surface area contributed by atoms with Crippen LogP contribution in [0.4, 0.5) is 0 Å². The Morgan fingerprint density at radius 2 is 1.94 bits per heavy atom. The number of rotatable bonds is 3. The van der Waals surface area contributed by atoms with E-state index in [1.165, 1.54) is 11.1 Å². The van der Waals surface area contributed by atoms with Crippen molar-refractivity contribution in [3.63, 3.8) is 0 Å². The van der Waals surface area contributed by atoms with Gasteiger partial charge in [0.05, 0.1) is 5.69 Å². The molecule has 0 fully saturated rings. The van der Waals surface area contributed by atoms with Crippen molar-refractivity contribution in [2.45, 2.75) is 6.92 Å². The van der Waals surface area contributed by atoms with Crippen molar-refractivity contribution >= 4 is 5.57 Å². The molecule has 1 aromatic heterocycles. The number of hydrogen-bond donors (Lipinski definition) is 0. The summed E-state index contributed by atoms with van der Waals surface area (Å²) in [6.45, 7) is 9.70. The van der Waals surface area contributed by atoms with Crippen molar-refractivity contribution in [3.8, 4) is 11.1 Å². The Labute approximate surface area is 102 Å². The van der Waals surface area contributed by atoms with Gasteiger partial charge < -0.3 is 0 Å². The van der Waals surface area contributed by atoms with E-state index in [4.69, 9.17) is 0 Å². The summed E-state index contributed by atoms with van der Waals surface area (Å²) < 4.78 is 0. The number of aromatic nitrogens is 1. The van der Waals surface area contributed by atoms with E-state index in [0.717, 1.165) is 16.8 Å². The SMILES string of the molecule is C=CC(=C)c1cc(C)c(-c2ccccc2)cn1. The standard InChI is InChI=1S/C16H15N/c1-4-12(2)16-10-13(3)15(11-17-16)14-8-6-5-7-9-14/h4-11H,1-2H2,3H3. The van der Waals surface area contributed by atoms with E-state index in [9.17, 15) is 0 Å². The topological polar surface area (TPSA) is 12.9 Å². The van der Waals surface area contributed by atoms with Crippen LogP contribution in [0.15, 0.2) is 61.8 Å². The summed E-state index contributed by atoms with van der Waals surface area (Å²) in [6.07, 6.45) is 3.62. The molecular weight excluding hydrogens is 206 g/mol. The van der Waals surface area contributed by atoms with Gasteiger partial charge in [-0.1, -0.05) is 49.6 Å². The van der Waals surface area contributed by atoms with Gasteiger partial charge in [-0.25, -0.2) is 0 Å². The first kappa shape index (κ1) is 11.3. The lowest BCUT2D eigenvalue weighted by Crippen LogP contribution is -1.91. The molecule has 0 aliphatic carbocycles. The van der Waals surface area contributed by atoms with E-state index in [1.807, 2.05) is 30.5 Å². The Bertz CT molecular complexity index is 553. The van der Waals surface area contributed by atoms with Gasteiger partial charge in [0, 0.05) is 11.8 Å². The lowest BCUT2D eigenvalue weighted by molar-refractivity contribution is 1.25. The molecule has 1 heterocycles. The Balaban J connectivity index is 2.46. The molecule has 17 heavy (non-hydrogen) atoms. The zero-order valence-electron chi connectivity index (χ0n) is 9.98. The normalized spacial score (nSPS) is 9.94. The minimum absolute atomic E-state index is 0.854. The highest BCUT2D eigenvalue weighted by Gasteiger charge is 2.04. The Kier molecular flexibility index (Phi) is 3.20. The van der Waals surface area contributed by atoms with Crippen molar-refractivity contribution < 1.29 is 0 Å². The first-order chi connectivity index (χ1) is 8.22. The molecule has 84 valence electrons. The van der Waals surface area contributed by atoms with Crippen molar-refractivity contribution in [1.82, 2.24) is 4.98 Å². The summed E-state index contributed by atoms with van der Waals surface area (Å²) in [5, 5.41) is 0. The van der Waals surface area contributed by atoms with E-state index in [2.05, 4.69) is 37.2 Å². The molecule has 0 saturated carbocycles. The summed E-state index contributed by atoms with van der Waals surface area (Å²) in [7, 11) is 0. The van der Waals surface area contributed by atoms with Crippen molar-refractivity contribution in [3.05, 3.63) is 73.1 Å². The minimum Gasteiger partial charge on any atom is -0.256 e. The fraction of sp³-hybridized carbons (Fsp3) is 0.0625. The maximum absolute atomic E-state index is 4.42. The zero-order valence-corrected chi connectivity index (χ0v) is 9.98. The second-order valence-electron chi connectivity index (χ2n) is 3.98. The van der Waals surface area contributed by atoms with Crippen LogP contribution in [-0.2, 0) is 0 Å². The molecule has 0 unspecified atom stereocenters. The Morgan fingerprint density at radius 1 is 1.24 bits per heavy atom. The molecule has 1 nitrogen and oxygen atoms in total. The average molecular weight is 221 g/mol. The quantitative estimate of drug-likeness (QED) is 0.706. The zero-order chi connectivity index (χ0) is 12.3. The number of pyridine rings is 1. The molecule has 0 radical (unpaired) electrons. The second-order valence-corrected chi connectivity index (χ2v) is 3.98. The number of benzene rings is 1. The van der Waals surface area contributed by atoms with Crippen LogP contribution in [0.3, 0.4) is 0 Å². The monoisotopic (exact) mass is 221 g/mol. The van der Waals surface area contributed by atoms with Gasteiger partial charge in [-0.3, -0.25) is 4.98 Å². The van der Waals surface area contributed by atoms with Gasteiger partial charge in [-0.2, -0.15) is 0 Å². The second kappa shape index (κ2) is 4.79.